The minimum atomic E-state index is -0.0800. The van der Waals surface area contributed by atoms with Crippen molar-refractivity contribution in [3.05, 3.63) is 0 Å². The van der Waals surface area contributed by atoms with Gasteiger partial charge >= 0.3 is 5.97 Å². The zero-order valence-corrected chi connectivity index (χ0v) is 10.6. The normalized spacial score (nSPS) is 20.1. The van der Waals surface area contributed by atoms with E-state index in [4.69, 9.17) is 4.74 Å². The fourth-order valence-corrected chi connectivity index (χ4v) is 2.19. The molecular weight excluding hydrogens is 202 g/mol. The molecule has 1 N–H and O–H groups in total. The molecule has 0 aromatic heterocycles. The molecule has 1 fully saturated rings. The van der Waals surface area contributed by atoms with Crippen molar-refractivity contribution < 1.29 is 9.53 Å². The first-order valence-corrected chi connectivity index (χ1v) is 6.64. The fourth-order valence-electron chi connectivity index (χ4n) is 2.19. The molecule has 3 heteroatoms. The quantitative estimate of drug-likeness (QED) is 0.579. The average molecular weight is 227 g/mol. The fraction of sp³-hybridized carbons (Fsp3) is 0.923. The highest BCUT2D eigenvalue weighted by atomic mass is 16.5. The topological polar surface area (TPSA) is 38.3 Å². The van der Waals surface area contributed by atoms with E-state index in [1.54, 1.807) is 0 Å². The molecule has 1 aliphatic carbocycles. The van der Waals surface area contributed by atoms with Crippen molar-refractivity contribution in [2.75, 3.05) is 13.2 Å². The Bertz CT molecular complexity index is 198. The third kappa shape index (κ3) is 4.97. The molecule has 3 nitrogen and oxygen atoms in total. The smallest absolute Gasteiger partial charge is 0.309 e. The van der Waals surface area contributed by atoms with Crippen LogP contribution in [0.15, 0.2) is 0 Å². The van der Waals surface area contributed by atoms with Gasteiger partial charge < -0.3 is 10.1 Å². The van der Waals surface area contributed by atoms with E-state index in [0.717, 1.165) is 6.54 Å². The van der Waals surface area contributed by atoms with Gasteiger partial charge in [0.1, 0.15) is 0 Å². The van der Waals surface area contributed by atoms with Crippen molar-refractivity contribution in [1.82, 2.24) is 5.32 Å². The second-order valence-electron chi connectivity index (χ2n) is 4.75. The van der Waals surface area contributed by atoms with Gasteiger partial charge in [-0.05, 0) is 19.8 Å². The van der Waals surface area contributed by atoms with Crippen LogP contribution in [0.5, 0.6) is 0 Å². The van der Waals surface area contributed by atoms with E-state index >= 15 is 0 Å². The summed E-state index contributed by atoms with van der Waals surface area (Å²) in [6.45, 7) is 5.02. The van der Waals surface area contributed by atoms with Gasteiger partial charge in [-0.3, -0.25) is 4.79 Å². The molecular formula is C13H25NO2. The highest BCUT2D eigenvalue weighted by Crippen LogP contribution is 2.17. The Hall–Kier alpha value is -0.570. The Morgan fingerprint density at radius 2 is 1.94 bits per heavy atom. The largest absolute Gasteiger partial charge is 0.466 e. The zero-order valence-electron chi connectivity index (χ0n) is 10.6. The molecule has 0 heterocycles. The van der Waals surface area contributed by atoms with Crippen LogP contribution in [0.1, 0.15) is 52.4 Å². The Morgan fingerprint density at radius 3 is 2.50 bits per heavy atom. The molecule has 0 aromatic rings. The van der Waals surface area contributed by atoms with Crippen molar-refractivity contribution in [3.8, 4) is 0 Å². The molecule has 1 atom stereocenters. The first-order valence-electron chi connectivity index (χ1n) is 6.64. The predicted molar refractivity (Wildman–Crippen MR) is 65.3 cm³/mol. The molecule has 1 saturated carbocycles. The van der Waals surface area contributed by atoms with Gasteiger partial charge in [0.25, 0.3) is 0 Å². The SMILES string of the molecule is CCOC(=O)C(C)CNC1CCCCCC1. The van der Waals surface area contributed by atoms with Crippen molar-refractivity contribution in [2.24, 2.45) is 5.92 Å². The molecule has 0 aliphatic heterocycles. The van der Waals surface area contributed by atoms with Crippen LogP contribution in [0.25, 0.3) is 0 Å². The van der Waals surface area contributed by atoms with Crippen molar-refractivity contribution in [2.45, 2.75) is 58.4 Å². The minimum absolute atomic E-state index is 0.0248. The molecule has 0 radical (unpaired) electrons. The van der Waals surface area contributed by atoms with Gasteiger partial charge in [0.15, 0.2) is 0 Å². The summed E-state index contributed by atoms with van der Waals surface area (Å²) in [4.78, 5) is 11.4. The van der Waals surface area contributed by atoms with E-state index < -0.39 is 0 Å². The number of hydrogen-bond donors (Lipinski definition) is 1. The lowest BCUT2D eigenvalue weighted by molar-refractivity contribution is -0.147. The van der Waals surface area contributed by atoms with E-state index in [0.29, 0.717) is 12.6 Å². The van der Waals surface area contributed by atoms with Gasteiger partial charge in [0.2, 0.25) is 0 Å². The van der Waals surface area contributed by atoms with E-state index in [1.165, 1.54) is 38.5 Å². The van der Waals surface area contributed by atoms with Gasteiger partial charge in [-0.15, -0.1) is 0 Å². The maximum absolute atomic E-state index is 11.4. The molecule has 0 saturated heterocycles. The molecule has 0 amide bonds. The van der Waals surface area contributed by atoms with Crippen LogP contribution < -0.4 is 5.32 Å². The van der Waals surface area contributed by atoms with Gasteiger partial charge in [-0.25, -0.2) is 0 Å². The standard InChI is InChI=1S/C13H25NO2/c1-3-16-13(15)11(2)10-14-12-8-6-4-5-7-9-12/h11-12,14H,3-10H2,1-2H3. The highest BCUT2D eigenvalue weighted by molar-refractivity contribution is 5.72. The summed E-state index contributed by atoms with van der Waals surface area (Å²) in [5.74, 6) is -0.105. The van der Waals surface area contributed by atoms with Crippen molar-refractivity contribution in [1.29, 1.82) is 0 Å². The third-order valence-corrected chi connectivity index (χ3v) is 3.26. The number of carbonyl (C=O) groups excluding carboxylic acids is 1. The summed E-state index contributed by atoms with van der Waals surface area (Å²) in [6.07, 6.45) is 7.90. The second-order valence-corrected chi connectivity index (χ2v) is 4.75. The monoisotopic (exact) mass is 227 g/mol. The highest BCUT2D eigenvalue weighted by Gasteiger charge is 2.17. The van der Waals surface area contributed by atoms with Gasteiger partial charge in [-0.1, -0.05) is 32.6 Å². The summed E-state index contributed by atoms with van der Waals surface area (Å²) < 4.78 is 4.99. The van der Waals surface area contributed by atoms with Crippen LogP contribution in [-0.4, -0.2) is 25.2 Å². The van der Waals surface area contributed by atoms with E-state index in [-0.39, 0.29) is 11.9 Å². The third-order valence-electron chi connectivity index (χ3n) is 3.26. The van der Waals surface area contributed by atoms with E-state index in [2.05, 4.69) is 5.32 Å². The van der Waals surface area contributed by atoms with Gasteiger partial charge in [0.05, 0.1) is 12.5 Å². The van der Waals surface area contributed by atoms with Gasteiger partial charge in [-0.2, -0.15) is 0 Å². The number of hydrogen-bond acceptors (Lipinski definition) is 3. The lowest BCUT2D eigenvalue weighted by atomic mass is 10.1. The van der Waals surface area contributed by atoms with Crippen LogP contribution in [0, 0.1) is 5.92 Å². The van der Waals surface area contributed by atoms with Crippen LogP contribution in [-0.2, 0) is 9.53 Å². The van der Waals surface area contributed by atoms with E-state index in [9.17, 15) is 4.79 Å². The van der Waals surface area contributed by atoms with E-state index in [1.807, 2.05) is 13.8 Å². The first-order chi connectivity index (χ1) is 7.74. The van der Waals surface area contributed by atoms with Crippen LogP contribution in [0.2, 0.25) is 0 Å². The predicted octanol–water partition coefficient (Wildman–Crippen LogP) is 2.50. The first kappa shape index (κ1) is 13.5. The number of carbonyl (C=O) groups is 1. The molecule has 1 rings (SSSR count). The number of ether oxygens (including phenoxy) is 1. The van der Waals surface area contributed by atoms with Crippen molar-refractivity contribution >= 4 is 5.97 Å². The van der Waals surface area contributed by atoms with Crippen LogP contribution >= 0.6 is 0 Å². The average Bonchev–Trinajstić information content (AvgIpc) is 2.54. The Balaban J connectivity index is 2.19. The van der Waals surface area contributed by atoms with Crippen molar-refractivity contribution in [3.63, 3.8) is 0 Å². The summed E-state index contributed by atoms with van der Waals surface area (Å²) in [5.41, 5.74) is 0. The maximum Gasteiger partial charge on any atom is 0.309 e. The molecule has 1 unspecified atom stereocenters. The Morgan fingerprint density at radius 1 is 1.31 bits per heavy atom. The Kier molecular flexibility index (Phi) is 6.46. The molecule has 0 bridgehead atoms. The maximum atomic E-state index is 11.4. The minimum Gasteiger partial charge on any atom is -0.466 e. The molecule has 1 aliphatic rings. The summed E-state index contributed by atoms with van der Waals surface area (Å²) in [7, 11) is 0. The second kappa shape index (κ2) is 7.66. The van der Waals surface area contributed by atoms with Gasteiger partial charge in [0, 0.05) is 12.6 Å². The Labute approximate surface area is 98.9 Å². The number of rotatable bonds is 5. The number of nitrogens with one attached hydrogen (secondary N) is 1. The zero-order chi connectivity index (χ0) is 11.8. The molecule has 94 valence electrons. The van der Waals surface area contributed by atoms with Crippen LogP contribution in [0.4, 0.5) is 0 Å². The summed E-state index contributed by atoms with van der Waals surface area (Å²) in [6, 6.07) is 0.611. The molecule has 0 aromatic carbocycles. The number of esters is 1. The summed E-state index contributed by atoms with van der Waals surface area (Å²) >= 11 is 0. The lowest BCUT2D eigenvalue weighted by Gasteiger charge is -2.18. The molecule has 16 heavy (non-hydrogen) atoms. The lowest BCUT2D eigenvalue weighted by Crippen LogP contribution is -2.35. The van der Waals surface area contributed by atoms with Crippen LogP contribution in [0.3, 0.4) is 0 Å². The summed E-state index contributed by atoms with van der Waals surface area (Å²) in [5, 5.41) is 3.50. The molecule has 0 spiro atoms.